The maximum Gasteiger partial charge on any atom is 0.149 e. The topological polar surface area (TPSA) is 12.0 Å². The molecule has 1 N–H and O–H groups in total. The lowest BCUT2D eigenvalue weighted by Crippen LogP contribution is -2.05. The van der Waals surface area contributed by atoms with E-state index in [0.717, 1.165) is 17.2 Å². The summed E-state index contributed by atoms with van der Waals surface area (Å²) in [7, 11) is 0. The molecule has 0 bridgehead atoms. The molecule has 0 spiro atoms. The normalized spacial score (nSPS) is 10.1. The summed E-state index contributed by atoms with van der Waals surface area (Å²) < 4.78 is 26.1. The van der Waals surface area contributed by atoms with Gasteiger partial charge in [0.05, 0.1) is 5.69 Å². The Bertz CT molecular complexity index is 550. The van der Waals surface area contributed by atoms with Crippen molar-refractivity contribution in [3.8, 4) is 0 Å². The highest BCUT2D eigenvalue weighted by Crippen LogP contribution is 2.17. The average Bonchev–Trinajstić information content (AvgIpc) is 2.38. The van der Waals surface area contributed by atoms with Crippen molar-refractivity contribution < 1.29 is 8.78 Å². The Balaban J connectivity index is 2.02. The summed E-state index contributed by atoms with van der Waals surface area (Å²) in [5.74, 6) is -1.18. The van der Waals surface area contributed by atoms with Crippen molar-refractivity contribution in [2.75, 3.05) is 11.9 Å². The van der Waals surface area contributed by atoms with Crippen molar-refractivity contribution in [3.63, 3.8) is 0 Å². The molecule has 0 saturated carbocycles. The van der Waals surface area contributed by atoms with Gasteiger partial charge >= 0.3 is 0 Å². The predicted octanol–water partition coefficient (Wildman–Crippen LogP) is 4.09. The van der Waals surface area contributed by atoms with Gasteiger partial charge in [0.2, 0.25) is 0 Å². The van der Waals surface area contributed by atoms with Crippen LogP contribution in [0.2, 0.25) is 0 Å². The minimum atomic E-state index is -0.601. The number of halogens is 2. The summed E-state index contributed by atoms with van der Waals surface area (Å²) in [5.41, 5.74) is 2.11. The molecule has 0 aliphatic rings. The molecule has 92 valence electrons. The summed E-state index contributed by atoms with van der Waals surface area (Å²) in [6.07, 6.45) is 0. The van der Waals surface area contributed by atoms with Crippen molar-refractivity contribution >= 4 is 11.3 Å². The number of hydrogen-bond donors (Lipinski definition) is 1. The molecule has 0 heterocycles. The molecular weight excluding hydrogens is 232 g/mol. The molecule has 2 aromatic carbocycles. The van der Waals surface area contributed by atoms with Gasteiger partial charge in [0.15, 0.2) is 0 Å². The van der Waals surface area contributed by atoms with Crippen molar-refractivity contribution in [1.82, 2.24) is 0 Å². The second-order valence-electron chi connectivity index (χ2n) is 3.95. The number of anilines is 1. The highest BCUT2D eigenvalue weighted by molar-refractivity contribution is 5.67. The molecule has 0 saturated heterocycles. The first-order valence-corrected chi connectivity index (χ1v) is 5.59. The van der Waals surface area contributed by atoms with E-state index < -0.39 is 11.6 Å². The minimum Gasteiger partial charge on any atom is -0.379 e. The zero-order valence-electron chi connectivity index (χ0n) is 9.79. The van der Waals surface area contributed by atoms with Crippen LogP contribution >= 0.6 is 0 Å². The van der Waals surface area contributed by atoms with E-state index in [1.54, 1.807) is 0 Å². The van der Waals surface area contributed by atoms with Crippen LogP contribution in [0.5, 0.6) is 0 Å². The first-order valence-electron chi connectivity index (χ1n) is 5.59. The van der Waals surface area contributed by atoms with Gasteiger partial charge < -0.3 is 5.32 Å². The SMILES string of the molecule is C=C(CNc1ccc(F)cc1F)c1ccccc1. The molecule has 0 fully saturated rings. The van der Waals surface area contributed by atoms with Crippen LogP contribution in [0.1, 0.15) is 5.56 Å². The van der Waals surface area contributed by atoms with Crippen LogP contribution in [0.15, 0.2) is 55.1 Å². The third kappa shape index (κ3) is 2.94. The van der Waals surface area contributed by atoms with Gasteiger partial charge in [0.25, 0.3) is 0 Å². The summed E-state index contributed by atoms with van der Waals surface area (Å²) in [4.78, 5) is 0. The Labute approximate surface area is 105 Å². The van der Waals surface area contributed by atoms with E-state index in [0.29, 0.717) is 6.54 Å². The summed E-state index contributed by atoms with van der Waals surface area (Å²) in [5, 5.41) is 2.90. The van der Waals surface area contributed by atoms with Crippen LogP contribution in [0.25, 0.3) is 5.57 Å². The summed E-state index contributed by atoms with van der Waals surface area (Å²) in [6, 6.07) is 13.1. The van der Waals surface area contributed by atoms with E-state index in [1.165, 1.54) is 12.1 Å². The largest absolute Gasteiger partial charge is 0.379 e. The van der Waals surface area contributed by atoms with Gasteiger partial charge in [0.1, 0.15) is 11.6 Å². The van der Waals surface area contributed by atoms with Crippen molar-refractivity contribution in [1.29, 1.82) is 0 Å². The molecule has 2 aromatic rings. The molecule has 0 aromatic heterocycles. The standard InChI is InChI=1S/C15H13F2N/c1-11(12-5-3-2-4-6-12)10-18-15-8-7-13(16)9-14(15)17/h2-9,18H,1,10H2. The quantitative estimate of drug-likeness (QED) is 0.855. The van der Waals surface area contributed by atoms with Gasteiger partial charge in [-0.25, -0.2) is 8.78 Å². The predicted molar refractivity (Wildman–Crippen MR) is 70.3 cm³/mol. The molecule has 0 aliphatic heterocycles. The Kier molecular flexibility index (Phi) is 3.72. The van der Waals surface area contributed by atoms with Crippen molar-refractivity contribution in [2.45, 2.75) is 0 Å². The van der Waals surface area contributed by atoms with Crippen LogP contribution in [-0.4, -0.2) is 6.54 Å². The lowest BCUT2D eigenvalue weighted by Gasteiger charge is -2.10. The second-order valence-corrected chi connectivity index (χ2v) is 3.95. The van der Waals surface area contributed by atoms with Crippen molar-refractivity contribution in [2.24, 2.45) is 0 Å². The smallest absolute Gasteiger partial charge is 0.149 e. The van der Waals surface area contributed by atoms with Crippen LogP contribution in [0.4, 0.5) is 14.5 Å². The molecule has 3 heteroatoms. The molecule has 0 radical (unpaired) electrons. The van der Waals surface area contributed by atoms with Gasteiger partial charge in [-0.15, -0.1) is 0 Å². The van der Waals surface area contributed by atoms with Gasteiger partial charge in [-0.05, 0) is 23.3 Å². The Morgan fingerprint density at radius 1 is 1.06 bits per heavy atom. The fourth-order valence-corrected chi connectivity index (χ4v) is 1.61. The van der Waals surface area contributed by atoms with E-state index in [-0.39, 0.29) is 5.69 Å². The van der Waals surface area contributed by atoms with Gasteiger partial charge in [0, 0.05) is 12.6 Å². The third-order valence-corrected chi connectivity index (χ3v) is 2.61. The Morgan fingerprint density at radius 3 is 2.44 bits per heavy atom. The minimum absolute atomic E-state index is 0.272. The molecule has 2 rings (SSSR count). The van der Waals surface area contributed by atoms with Crippen LogP contribution < -0.4 is 5.32 Å². The number of nitrogens with one attached hydrogen (secondary N) is 1. The van der Waals surface area contributed by atoms with Gasteiger partial charge in [-0.1, -0.05) is 36.9 Å². The summed E-state index contributed by atoms with van der Waals surface area (Å²) in [6.45, 7) is 4.34. The van der Waals surface area contributed by atoms with Gasteiger partial charge in [-0.3, -0.25) is 0 Å². The average molecular weight is 245 g/mol. The molecule has 0 unspecified atom stereocenters. The maximum atomic E-state index is 13.4. The van der Waals surface area contributed by atoms with Crippen LogP contribution in [-0.2, 0) is 0 Å². The van der Waals surface area contributed by atoms with E-state index >= 15 is 0 Å². The number of rotatable bonds is 4. The fourth-order valence-electron chi connectivity index (χ4n) is 1.61. The van der Waals surface area contributed by atoms with Gasteiger partial charge in [-0.2, -0.15) is 0 Å². The highest BCUT2D eigenvalue weighted by atomic mass is 19.1. The lowest BCUT2D eigenvalue weighted by atomic mass is 10.1. The number of benzene rings is 2. The Hall–Kier alpha value is -2.16. The monoisotopic (exact) mass is 245 g/mol. The third-order valence-electron chi connectivity index (χ3n) is 2.61. The first kappa shape index (κ1) is 12.3. The second kappa shape index (κ2) is 5.45. The zero-order valence-corrected chi connectivity index (χ0v) is 9.79. The zero-order chi connectivity index (χ0) is 13.0. The van der Waals surface area contributed by atoms with Crippen LogP contribution in [0, 0.1) is 11.6 Å². The maximum absolute atomic E-state index is 13.4. The fraction of sp³-hybridized carbons (Fsp3) is 0.0667. The molecule has 0 aliphatic carbocycles. The Morgan fingerprint density at radius 2 is 1.78 bits per heavy atom. The van der Waals surface area contributed by atoms with E-state index in [9.17, 15) is 8.78 Å². The van der Waals surface area contributed by atoms with Crippen molar-refractivity contribution in [3.05, 3.63) is 72.3 Å². The highest BCUT2D eigenvalue weighted by Gasteiger charge is 2.04. The van der Waals surface area contributed by atoms with E-state index in [4.69, 9.17) is 0 Å². The number of hydrogen-bond acceptors (Lipinski definition) is 1. The van der Waals surface area contributed by atoms with E-state index in [2.05, 4.69) is 11.9 Å². The first-order chi connectivity index (χ1) is 8.66. The summed E-state index contributed by atoms with van der Waals surface area (Å²) >= 11 is 0. The molecular formula is C15H13F2N. The molecule has 0 amide bonds. The molecule has 0 atom stereocenters. The molecule has 1 nitrogen and oxygen atoms in total. The molecule has 18 heavy (non-hydrogen) atoms. The lowest BCUT2D eigenvalue weighted by molar-refractivity contribution is 0.585. The van der Waals surface area contributed by atoms with E-state index in [1.807, 2.05) is 30.3 Å². The van der Waals surface area contributed by atoms with Crippen LogP contribution in [0.3, 0.4) is 0 Å².